The summed E-state index contributed by atoms with van der Waals surface area (Å²) >= 11 is 0. The normalized spacial score (nSPS) is 26.2. The van der Waals surface area contributed by atoms with Crippen LogP contribution in [0.15, 0.2) is 18.6 Å². The van der Waals surface area contributed by atoms with Crippen molar-refractivity contribution in [3.8, 4) is 0 Å². The van der Waals surface area contributed by atoms with Crippen LogP contribution in [-0.4, -0.2) is 20.2 Å². The Hall–Kier alpha value is -1.84. The predicted molar refractivity (Wildman–Crippen MR) is 135 cm³/mol. The van der Waals surface area contributed by atoms with Gasteiger partial charge in [-0.25, -0.2) is 9.97 Å². The number of fused-ring (bicyclic) bond motifs is 2. The van der Waals surface area contributed by atoms with Gasteiger partial charge in [-0.1, -0.05) is 69.2 Å². The van der Waals surface area contributed by atoms with Crippen LogP contribution in [0.4, 0.5) is 0 Å². The zero-order valence-corrected chi connectivity index (χ0v) is 22.5. The highest BCUT2D eigenvalue weighted by atomic mass is 15.1. The molecule has 5 unspecified atom stereocenters. The van der Waals surface area contributed by atoms with E-state index in [0.717, 1.165) is 25.1 Å². The van der Waals surface area contributed by atoms with Crippen LogP contribution in [0, 0.1) is 34.0 Å². The van der Waals surface area contributed by atoms with E-state index >= 15 is 0 Å². The summed E-state index contributed by atoms with van der Waals surface area (Å²) in [5.41, 5.74) is 6.12. The van der Waals surface area contributed by atoms with Gasteiger partial charge in [-0.05, 0) is 75.4 Å². The van der Waals surface area contributed by atoms with Crippen molar-refractivity contribution in [2.45, 2.75) is 100 Å². The lowest BCUT2D eigenvalue weighted by Gasteiger charge is -2.39. The smallest absolute Gasteiger partial charge is 0.128 e. The molecule has 0 aliphatic heterocycles. The molecule has 5 atom stereocenters. The fourth-order valence-corrected chi connectivity index (χ4v) is 6.78. The predicted octanol–water partition coefficient (Wildman–Crippen LogP) is 6.80. The summed E-state index contributed by atoms with van der Waals surface area (Å²) in [5.74, 6) is 3.61. The van der Waals surface area contributed by atoms with E-state index in [-0.39, 0.29) is 16.2 Å². The molecule has 4 rings (SSSR count). The lowest BCUT2D eigenvalue weighted by molar-refractivity contribution is 0.142. The maximum absolute atomic E-state index is 5.20. The molecule has 2 heterocycles. The van der Waals surface area contributed by atoms with Crippen molar-refractivity contribution in [3.63, 3.8) is 0 Å². The Morgan fingerprint density at radius 3 is 2.03 bits per heavy atom. The molecule has 0 saturated carbocycles. The molecule has 0 amide bonds. The summed E-state index contributed by atoms with van der Waals surface area (Å²) in [4.78, 5) is 10.1. The number of rotatable bonds is 3. The van der Waals surface area contributed by atoms with Crippen molar-refractivity contribution < 1.29 is 0 Å². The van der Waals surface area contributed by atoms with E-state index in [4.69, 9.17) is 9.97 Å². The van der Waals surface area contributed by atoms with Crippen molar-refractivity contribution in [2.24, 2.45) is 34.0 Å². The third-order valence-electron chi connectivity index (χ3n) is 8.46. The maximum atomic E-state index is 5.20. The van der Waals surface area contributed by atoms with Crippen molar-refractivity contribution in [3.05, 3.63) is 46.8 Å². The second-order valence-corrected chi connectivity index (χ2v) is 14.1. The molecule has 33 heavy (non-hydrogen) atoms. The Morgan fingerprint density at radius 1 is 0.788 bits per heavy atom. The molecule has 0 radical (unpaired) electrons. The van der Waals surface area contributed by atoms with E-state index in [1.165, 1.54) is 22.4 Å². The van der Waals surface area contributed by atoms with Gasteiger partial charge in [-0.2, -0.15) is 10.2 Å². The van der Waals surface area contributed by atoms with E-state index < -0.39 is 0 Å². The molecule has 0 aromatic carbocycles. The van der Waals surface area contributed by atoms with E-state index in [1.807, 2.05) is 12.4 Å². The van der Waals surface area contributed by atoms with Gasteiger partial charge in [0.15, 0.2) is 0 Å². The van der Waals surface area contributed by atoms with Gasteiger partial charge in [0.2, 0.25) is 0 Å². The first kappa shape index (κ1) is 24.3. The number of hydrogen-bond acceptors (Lipinski definition) is 4. The van der Waals surface area contributed by atoms with Crippen LogP contribution in [0.5, 0.6) is 0 Å². The largest absolute Gasteiger partial charge is 0.241 e. The molecular weight excluding hydrogens is 404 g/mol. The van der Waals surface area contributed by atoms with Gasteiger partial charge >= 0.3 is 0 Å². The van der Waals surface area contributed by atoms with E-state index in [1.54, 1.807) is 0 Å². The van der Waals surface area contributed by atoms with Gasteiger partial charge in [-0.15, -0.1) is 0 Å². The van der Waals surface area contributed by atoms with Gasteiger partial charge in [0.25, 0.3) is 0 Å². The van der Waals surface area contributed by atoms with Crippen LogP contribution in [0.25, 0.3) is 0 Å². The fraction of sp³-hybridized carbons (Fsp3) is 0.724. The van der Waals surface area contributed by atoms with Gasteiger partial charge in [-0.3, -0.25) is 0 Å². The highest BCUT2D eigenvalue weighted by molar-refractivity contribution is 5.35. The third-order valence-corrected chi connectivity index (χ3v) is 8.46. The monoisotopic (exact) mass is 448 g/mol. The first-order valence-corrected chi connectivity index (χ1v) is 12.8. The maximum Gasteiger partial charge on any atom is 0.128 e. The molecule has 0 fully saturated rings. The number of nitrogens with zero attached hydrogens (tertiary/aromatic N) is 4. The summed E-state index contributed by atoms with van der Waals surface area (Å²) in [7, 11) is 0. The highest BCUT2D eigenvalue weighted by Gasteiger charge is 2.46. The molecule has 2 aromatic heterocycles. The average molecular weight is 449 g/mol. The topological polar surface area (TPSA) is 51.6 Å². The highest BCUT2D eigenvalue weighted by Crippen LogP contribution is 2.54. The van der Waals surface area contributed by atoms with Crippen LogP contribution in [0.2, 0.25) is 0 Å². The molecule has 2 aliphatic carbocycles. The van der Waals surface area contributed by atoms with E-state index in [2.05, 4.69) is 85.6 Å². The van der Waals surface area contributed by atoms with Gasteiger partial charge in [0.05, 0.1) is 12.4 Å². The second-order valence-electron chi connectivity index (χ2n) is 14.1. The first-order chi connectivity index (χ1) is 15.2. The minimum atomic E-state index is 0.204. The Labute approximate surface area is 201 Å². The minimum absolute atomic E-state index is 0.204. The Balaban J connectivity index is 1.62. The Kier molecular flexibility index (Phi) is 5.98. The zero-order valence-electron chi connectivity index (χ0n) is 22.5. The number of aromatic nitrogens is 4. The Bertz CT molecular complexity index is 1010. The molecule has 180 valence electrons. The summed E-state index contributed by atoms with van der Waals surface area (Å²) < 4.78 is 0. The second kappa shape index (κ2) is 8.13. The third kappa shape index (κ3) is 4.59. The minimum Gasteiger partial charge on any atom is -0.241 e. The number of hydrogen-bond donors (Lipinski definition) is 0. The quantitative estimate of drug-likeness (QED) is 0.518. The van der Waals surface area contributed by atoms with Gasteiger partial charge < -0.3 is 0 Å². The van der Waals surface area contributed by atoms with Crippen molar-refractivity contribution in [2.75, 3.05) is 0 Å². The van der Waals surface area contributed by atoms with Crippen LogP contribution >= 0.6 is 0 Å². The molecule has 0 spiro atoms. The van der Waals surface area contributed by atoms with E-state index in [0.29, 0.717) is 29.6 Å². The SMILES string of the molecule is CC(Cc1ncc2c(n1)CC(C(C)(C)C)C2C(C)(C)C)C1c2cnncc2CC1C(C)(C)C. The fourth-order valence-electron chi connectivity index (χ4n) is 6.78. The lowest BCUT2D eigenvalue weighted by Crippen LogP contribution is -2.31. The van der Waals surface area contributed by atoms with Gasteiger partial charge in [0, 0.05) is 18.3 Å². The van der Waals surface area contributed by atoms with E-state index in [9.17, 15) is 0 Å². The average Bonchev–Trinajstić information content (AvgIpc) is 3.26. The van der Waals surface area contributed by atoms with Crippen LogP contribution in [0.1, 0.15) is 109 Å². The molecule has 0 N–H and O–H groups in total. The molecule has 0 saturated heterocycles. The zero-order chi connectivity index (χ0) is 24.3. The summed E-state index contributed by atoms with van der Waals surface area (Å²) in [6.07, 6.45) is 9.22. The molecule has 0 bridgehead atoms. The summed E-state index contributed by atoms with van der Waals surface area (Å²) in [6.45, 7) is 23.7. The standard InChI is InChI=1S/C29H44N4/c1-17(25-19-16-32-31-14-18(19)12-21(25)27(2,3)4)11-24-30-15-20-23(33-24)13-22(28(5,6)7)26(20)29(8,9)10/h14-17,21-22,25-26H,11-13H2,1-10H3. The van der Waals surface area contributed by atoms with Crippen LogP contribution in [-0.2, 0) is 19.3 Å². The van der Waals surface area contributed by atoms with Crippen molar-refractivity contribution >= 4 is 0 Å². The van der Waals surface area contributed by atoms with Crippen LogP contribution in [0.3, 0.4) is 0 Å². The van der Waals surface area contributed by atoms with Crippen molar-refractivity contribution in [1.29, 1.82) is 0 Å². The molecular formula is C29H44N4. The molecule has 2 aromatic rings. The Morgan fingerprint density at radius 2 is 1.42 bits per heavy atom. The molecule has 4 nitrogen and oxygen atoms in total. The van der Waals surface area contributed by atoms with Crippen molar-refractivity contribution in [1.82, 2.24) is 20.2 Å². The van der Waals surface area contributed by atoms with Crippen LogP contribution < -0.4 is 0 Å². The van der Waals surface area contributed by atoms with Gasteiger partial charge in [0.1, 0.15) is 5.82 Å². The molecule has 2 aliphatic rings. The molecule has 4 heteroatoms. The lowest BCUT2D eigenvalue weighted by atomic mass is 9.65. The summed E-state index contributed by atoms with van der Waals surface area (Å²) in [5, 5.41) is 8.41. The first-order valence-electron chi connectivity index (χ1n) is 12.8. The summed E-state index contributed by atoms with van der Waals surface area (Å²) in [6, 6.07) is 0.